The van der Waals surface area contributed by atoms with Crippen LogP contribution in [0.15, 0.2) is 48.5 Å². The van der Waals surface area contributed by atoms with E-state index in [1.807, 2.05) is 12.1 Å². The van der Waals surface area contributed by atoms with Crippen molar-refractivity contribution in [3.05, 3.63) is 74.1 Å². The molecule has 0 aliphatic carbocycles. The summed E-state index contributed by atoms with van der Waals surface area (Å²) in [5.41, 5.74) is -0.0440. The van der Waals surface area contributed by atoms with Gasteiger partial charge in [-0.25, -0.2) is 4.79 Å². The van der Waals surface area contributed by atoms with Crippen molar-refractivity contribution in [2.45, 2.75) is 9.90 Å². The molecule has 1 atom stereocenters. The molecule has 0 saturated heterocycles. The summed E-state index contributed by atoms with van der Waals surface area (Å²) in [6.07, 6.45) is -1.36. The Bertz CT molecular complexity index is 1030. The van der Waals surface area contributed by atoms with E-state index in [9.17, 15) is 14.9 Å². The van der Waals surface area contributed by atoms with Gasteiger partial charge in [0.15, 0.2) is 6.10 Å². The minimum atomic E-state index is -2.05. The van der Waals surface area contributed by atoms with Gasteiger partial charge < -0.3 is 4.74 Å². The zero-order valence-corrected chi connectivity index (χ0v) is 17.0. The number of halogens is 4. The molecule has 3 aromatic rings. The zero-order chi connectivity index (χ0) is 19.8. The van der Waals surface area contributed by atoms with Gasteiger partial charge in [-0.2, -0.15) is 0 Å². The van der Waals surface area contributed by atoms with Crippen LogP contribution < -0.4 is 0 Å². The lowest BCUT2D eigenvalue weighted by Crippen LogP contribution is -2.23. The quantitative estimate of drug-likeness (QED) is 0.186. The van der Waals surface area contributed by atoms with Crippen LogP contribution in [0.25, 0.3) is 10.1 Å². The van der Waals surface area contributed by atoms with Crippen LogP contribution in [0.3, 0.4) is 0 Å². The number of benzene rings is 2. The van der Waals surface area contributed by atoms with Crippen LogP contribution >= 0.6 is 57.7 Å². The van der Waals surface area contributed by atoms with Crippen LogP contribution in [0.4, 0.5) is 5.69 Å². The van der Waals surface area contributed by atoms with Gasteiger partial charge in [-0.05, 0) is 6.07 Å². The Hall–Kier alpha value is -1.57. The third-order valence-electron chi connectivity index (χ3n) is 3.63. The molecule has 0 radical (unpaired) electrons. The monoisotopic (exact) mass is 463 g/mol. The van der Waals surface area contributed by atoms with Gasteiger partial charge in [-0.15, -0.1) is 11.3 Å². The first-order valence-corrected chi connectivity index (χ1v) is 9.70. The largest absolute Gasteiger partial charge is 0.449 e. The Kier molecular flexibility index (Phi) is 5.84. The average Bonchev–Trinajstić information content (AvgIpc) is 2.96. The third kappa shape index (κ3) is 4.31. The normalized spacial score (nSPS) is 12.7. The fourth-order valence-electron chi connectivity index (χ4n) is 2.43. The number of carbonyl (C=O) groups is 1. The molecule has 0 N–H and O–H groups in total. The molecule has 0 bridgehead atoms. The molecule has 0 aliphatic heterocycles. The van der Waals surface area contributed by atoms with Crippen molar-refractivity contribution in [2.24, 2.45) is 0 Å². The number of fused-ring (bicyclic) bond motifs is 1. The summed E-state index contributed by atoms with van der Waals surface area (Å²) < 4.78 is 4.15. The van der Waals surface area contributed by atoms with Gasteiger partial charge in [0.05, 0.1) is 9.95 Å². The highest BCUT2D eigenvalue weighted by Gasteiger charge is 2.39. The van der Waals surface area contributed by atoms with Crippen LogP contribution in [0.5, 0.6) is 0 Å². The van der Waals surface area contributed by atoms with E-state index in [1.165, 1.54) is 24.3 Å². The van der Waals surface area contributed by atoms with Gasteiger partial charge in [-0.3, -0.25) is 10.1 Å². The number of hydrogen-bond acceptors (Lipinski definition) is 5. The fraction of sp³-hybridized carbons (Fsp3) is 0.118. The third-order valence-corrected chi connectivity index (χ3v) is 5.88. The van der Waals surface area contributed by atoms with E-state index in [1.54, 1.807) is 12.1 Å². The average molecular weight is 465 g/mol. The maximum Gasteiger partial charge on any atom is 0.350 e. The number of nitro benzene ring substituents is 1. The Morgan fingerprint density at radius 2 is 1.85 bits per heavy atom. The second-order valence-electron chi connectivity index (χ2n) is 5.42. The molecule has 27 heavy (non-hydrogen) atoms. The summed E-state index contributed by atoms with van der Waals surface area (Å²) in [5, 5.41) is 11.9. The molecule has 2 aromatic carbocycles. The number of nitrogens with zero attached hydrogens (tertiary/aromatic N) is 1. The highest BCUT2D eigenvalue weighted by atomic mass is 35.6. The number of nitro groups is 1. The predicted octanol–water partition coefficient (Wildman–Crippen LogP) is 6.73. The highest BCUT2D eigenvalue weighted by Crippen LogP contribution is 2.44. The molecular weight excluding hydrogens is 456 g/mol. The van der Waals surface area contributed by atoms with E-state index in [4.69, 9.17) is 51.1 Å². The summed E-state index contributed by atoms with van der Waals surface area (Å²) in [6, 6.07) is 12.6. The topological polar surface area (TPSA) is 69.4 Å². The molecule has 0 fully saturated rings. The number of hydrogen-bond donors (Lipinski definition) is 0. The Morgan fingerprint density at radius 1 is 1.15 bits per heavy atom. The SMILES string of the molecule is O=C(OC(c1cccc([N+](=O)[O-])c1)C(Cl)(Cl)Cl)c1sc2ccccc2c1Cl. The molecule has 0 spiro atoms. The number of rotatable bonds is 4. The molecule has 0 aliphatic rings. The molecular formula is C17H9Cl4NO4S. The number of esters is 1. The number of ether oxygens (including phenoxy) is 1. The number of thiophene rings is 1. The minimum absolute atomic E-state index is 0.155. The van der Waals surface area contributed by atoms with Crippen LogP contribution in [0, 0.1) is 10.1 Å². The maximum absolute atomic E-state index is 12.7. The number of alkyl halides is 3. The van der Waals surface area contributed by atoms with E-state index in [2.05, 4.69) is 0 Å². The fourth-order valence-corrected chi connectivity index (χ4v) is 4.33. The minimum Gasteiger partial charge on any atom is -0.449 e. The molecule has 5 nitrogen and oxygen atoms in total. The smallest absolute Gasteiger partial charge is 0.350 e. The lowest BCUT2D eigenvalue weighted by atomic mass is 10.1. The molecule has 140 valence electrons. The van der Waals surface area contributed by atoms with Gasteiger partial charge in [0.2, 0.25) is 3.79 Å². The van der Waals surface area contributed by atoms with Crippen molar-refractivity contribution in [2.75, 3.05) is 0 Å². The van der Waals surface area contributed by atoms with Crippen molar-refractivity contribution < 1.29 is 14.5 Å². The molecule has 10 heteroatoms. The van der Waals surface area contributed by atoms with Crippen molar-refractivity contribution in [1.82, 2.24) is 0 Å². The first-order chi connectivity index (χ1) is 12.7. The molecule has 0 amide bonds. The molecule has 1 unspecified atom stereocenters. The molecule has 1 aromatic heterocycles. The van der Waals surface area contributed by atoms with E-state index in [0.717, 1.165) is 16.0 Å². The Balaban J connectivity index is 1.97. The lowest BCUT2D eigenvalue weighted by molar-refractivity contribution is -0.385. The van der Waals surface area contributed by atoms with Crippen LogP contribution in [0.2, 0.25) is 5.02 Å². The lowest BCUT2D eigenvalue weighted by Gasteiger charge is -2.24. The molecule has 1 heterocycles. The van der Waals surface area contributed by atoms with Gasteiger partial charge >= 0.3 is 5.97 Å². The van der Waals surface area contributed by atoms with Gasteiger partial charge in [-0.1, -0.05) is 76.7 Å². The first-order valence-electron chi connectivity index (χ1n) is 7.37. The highest BCUT2D eigenvalue weighted by molar-refractivity contribution is 7.21. The van der Waals surface area contributed by atoms with E-state index in [-0.39, 0.29) is 21.2 Å². The van der Waals surface area contributed by atoms with Crippen molar-refractivity contribution >= 4 is 79.5 Å². The van der Waals surface area contributed by atoms with Gasteiger partial charge in [0.25, 0.3) is 5.69 Å². The van der Waals surface area contributed by atoms with Gasteiger partial charge in [0, 0.05) is 27.8 Å². The van der Waals surface area contributed by atoms with Crippen molar-refractivity contribution in [1.29, 1.82) is 0 Å². The summed E-state index contributed by atoms with van der Waals surface area (Å²) in [4.78, 5) is 23.2. The van der Waals surface area contributed by atoms with E-state index >= 15 is 0 Å². The molecule has 0 saturated carbocycles. The van der Waals surface area contributed by atoms with E-state index in [0.29, 0.717) is 5.39 Å². The maximum atomic E-state index is 12.7. The van der Waals surface area contributed by atoms with Crippen molar-refractivity contribution in [3.8, 4) is 0 Å². The second kappa shape index (κ2) is 7.81. The second-order valence-corrected chi connectivity index (χ2v) is 9.22. The summed E-state index contributed by atoms with van der Waals surface area (Å²) >= 11 is 25.3. The zero-order valence-electron chi connectivity index (χ0n) is 13.2. The Labute approximate surface area is 177 Å². The summed E-state index contributed by atoms with van der Waals surface area (Å²) in [7, 11) is 0. The first kappa shape index (κ1) is 20.2. The van der Waals surface area contributed by atoms with Gasteiger partial charge in [0.1, 0.15) is 4.88 Å². The van der Waals surface area contributed by atoms with Crippen LogP contribution in [-0.4, -0.2) is 14.7 Å². The number of non-ortho nitro benzene ring substituents is 1. The molecule has 3 rings (SSSR count). The van der Waals surface area contributed by atoms with Crippen LogP contribution in [0.1, 0.15) is 21.3 Å². The Morgan fingerprint density at radius 3 is 2.48 bits per heavy atom. The summed E-state index contributed by atoms with van der Waals surface area (Å²) in [6.45, 7) is 0. The van der Waals surface area contributed by atoms with Crippen molar-refractivity contribution in [3.63, 3.8) is 0 Å². The standard InChI is InChI=1S/C17H9Cl4NO4S/c18-13-11-6-1-2-7-12(11)27-14(13)16(23)26-15(17(19,20)21)9-4-3-5-10(8-9)22(24)25/h1-8,15H. The summed E-state index contributed by atoms with van der Waals surface area (Å²) in [5.74, 6) is -0.788. The van der Waals surface area contributed by atoms with E-state index < -0.39 is 20.8 Å². The predicted molar refractivity (Wildman–Crippen MR) is 108 cm³/mol. The van der Waals surface area contributed by atoms with Crippen LogP contribution in [-0.2, 0) is 4.74 Å². The number of carbonyl (C=O) groups excluding carboxylic acids is 1.